The second-order valence-corrected chi connectivity index (χ2v) is 9.95. The number of hydrogen-bond donors (Lipinski definition) is 1. The molecule has 3 aliphatic rings. The molecule has 1 N–H and O–H groups in total. The number of anilines is 2. The second-order valence-electron chi connectivity index (χ2n) is 9.95. The van der Waals surface area contributed by atoms with Gasteiger partial charge in [-0.2, -0.15) is 5.10 Å². The number of fused-ring (bicyclic) bond motifs is 1. The van der Waals surface area contributed by atoms with Crippen LogP contribution in [0, 0.1) is 11.8 Å². The Balaban J connectivity index is 1.15. The van der Waals surface area contributed by atoms with Crippen LogP contribution in [-0.4, -0.2) is 56.7 Å². The lowest BCUT2D eigenvalue weighted by atomic mass is 9.94. The van der Waals surface area contributed by atoms with Gasteiger partial charge in [-0.1, -0.05) is 24.3 Å². The van der Waals surface area contributed by atoms with E-state index >= 15 is 0 Å². The van der Waals surface area contributed by atoms with Crippen LogP contribution in [0.15, 0.2) is 61.1 Å². The number of likely N-dealkylation sites (tertiary alicyclic amines) is 1. The van der Waals surface area contributed by atoms with E-state index in [1.54, 1.807) is 17.1 Å². The molecule has 2 saturated heterocycles. The first kappa shape index (κ1) is 21.8. The number of carbonyl (C=O) groups is 2. The molecule has 180 valence electrons. The molecule has 3 fully saturated rings. The van der Waals surface area contributed by atoms with E-state index in [1.165, 1.54) is 0 Å². The molecule has 4 heterocycles. The van der Waals surface area contributed by atoms with Gasteiger partial charge in [-0.3, -0.25) is 14.3 Å². The van der Waals surface area contributed by atoms with E-state index in [4.69, 9.17) is 0 Å². The Morgan fingerprint density at radius 3 is 2.57 bits per heavy atom. The van der Waals surface area contributed by atoms with Crippen molar-refractivity contribution < 1.29 is 9.59 Å². The molecule has 0 bridgehead atoms. The number of hydrogen-bond acceptors (Lipinski definition) is 5. The van der Waals surface area contributed by atoms with Crippen molar-refractivity contribution in [3.05, 3.63) is 61.1 Å². The van der Waals surface area contributed by atoms with Crippen molar-refractivity contribution in [2.24, 2.45) is 18.9 Å². The lowest BCUT2D eigenvalue weighted by Gasteiger charge is -2.36. The first-order valence-corrected chi connectivity index (χ1v) is 12.5. The quantitative estimate of drug-likeness (QED) is 0.619. The summed E-state index contributed by atoms with van der Waals surface area (Å²) >= 11 is 0. The van der Waals surface area contributed by atoms with Gasteiger partial charge in [0.1, 0.15) is 11.9 Å². The molecule has 35 heavy (non-hydrogen) atoms. The van der Waals surface area contributed by atoms with Crippen LogP contribution in [0.2, 0.25) is 0 Å². The molecule has 2 amide bonds. The van der Waals surface area contributed by atoms with E-state index in [1.807, 2.05) is 60.6 Å². The van der Waals surface area contributed by atoms with Gasteiger partial charge < -0.3 is 15.1 Å². The Labute approximate surface area is 204 Å². The number of amides is 2. The number of pyridine rings is 1. The van der Waals surface area contributed by atoms with Gasteiger partial charge in [-0.25, -0.2) is 4.98 Å². The van der Waals surface area contributed by atoms with E-state index in [2.05, 4.69) is 20.3 Å². The molecular weight excluding hydrogens is 440 g/mol. The Bertz CT molecular complexity index is 1230. The maximum Gasteiger partial charge on any atom is 0.247 e. The van der Waals surface area contributed by atoms with E-state index in [0.717, 1.165) is 61.4 Å². The minimum atomic E-state index is -0.401. The van der Waals surface area contributed by atoms with Gasteiger partial charge in [0.05, 0.1) is 6.20 Å². The summed E-state index contributed by atoms with van der Waals surface area (Å²) in [4.78, 5) is 35.7. The minimum absolute atomic E-state index is 0.0349. The van der Waals surface area contributed by atoms with Gasteiger partial charge in [-0.15, -0.1) is 0 Å². The summed E-state index contributed by atoms with van der Waals surface area (Å²) in [5.41, 5.74) is 2.63. The van der Waals surface area contributed by atoms with Crippen LogP contribution in [-0.2, 0) is 16.6 Å². The summed E-state index contributed by atoms with van der Waals surface area (Å²) < 4.78 is 1.75. The number of para-hydroxylation sites is 1. The highest BCUT2D eigenvalue weighted by atomic mass is 16.2. The molecule has 1 aliphatic carbocycles. The lowest BCUT2D eigenvalue weighted by Crippen LogP contribution is -2.49. The third-order valence-electron chi connectivity index (χ3n) is 7.68. The molecule has 6 rings (SSSR count). The summed E-state index contributed by atoms with van der Waals surface area (Å²) in [5, 5.41) is 7.39. The van der Waals surface area contributed by atoms with E-state index in [-0.39, 0.29) is 23.8 Å². The Morgan fingerprint density at radius 1 is 1.03 bits per heavy atom. The maximum atomic E-state index is 13.6. The predicted molar refractivity (Wildman–Crippen MR) is 134 cm³/mol. The van der Waals surface area contributed by atoms with Gasteiger partial charge in [0.2, 0.25) is 11.8 Å². The van der Waals surface area contributed by atoms with Gasteiger partial charge in [0, 0.05) is 61.3 Å². The molecule has 2 aromatic heterocycles. The predicted octanol–water partition coefficient (Wildman–Crippen LogP) is 3.33. The van der Waals surface area contributed by atoms with Crippen molar-refractivity contribution in [2.75, 3.05) is 23.3 Å². The average Bonchev–Trinajstić information content (AvgIpc) is 3.34. The normalized spacial score (nSPS) is 23.7. The van der Waals surface area contributed by atoms with Gasteiger partial charge >= 0.3 is 0 Å². The van der Waals surface area contributed by atoms with E-state index < -0.39 is 6.04 Å². The van der Waals surface area contributed by atoms with Crippen LogP contribution in [0.3, 0.4) is 0 Å². The zero-order chi connectivity index (χ0) is 23.9. The first-order chi connectivity index (χ1) is 17.1. The molecule has 0 unspecified atom stereocenters. The van der Waals surface area contributed by atoms with Crippen LogP contribution < -0.4 is 10.2 Å². The molecular formula is C27H30N6O2. The molecule has 1 aromatic carbocycles. The van der Waals surface area contributed by atoms with Crippen molar-refractivity contribution in [2.45, 2.75) is 37.8 Å². The largest absolute Gasteiger partial charge is 0.357 e. The fourth-order valence-corrected chi connectivity index (χ4v) is 5.73. The highest BCUT2D eigenvalue weighted by Crippen LogP contribution is 2.49. The minimum Gasteiger partial charge on any atom is -0.357 e. The van der Waals surface area contributed by atoms with Crippen LogP contribution in [0.1, 0.15) is 25.7 Å². The highest BCUT2D eigenvalue weighted by molar-refractivity contribution is 6.01. The van der Waals surface area contributed by atoms with Gasteiger partial charge in [0.25, 0.3) is 0 Å². The van der Waals surface area contributed by atoms with Crippen molar-refractivity contribution in [1.82, 2.24) is 19.7 Å². The zero-order valence-electron chi connectivity index (χ0n) is 19.9. The van der Waals surface area contributed by atoms with Gasteiger partial charge in [0.15, 0.2) is 0 Å². The Hall–Kier alpha value is -3.68. The Kier molecular flexibility index (Phi) is 5.51. The number of aromatic nitrogens is 3. The average molecular weight is 471 g/mol. The van der Waals surface area contributed by atoms with Crippen molar-refractivity contribution in [3.63, 3.8) is 0 Å². The van der Waals surface area contributed by atoms with Crippen molar-refractivity contribution in [3.8, 4) is 11.1 Å². The number of rotatable bonds is 5. The van der Waals surface area contributed by atoms with E-state index in [9.17, 15) is 9.59 Å². The van der Waals surface area contributed by atoms with Crippen LogP contribution in [0.4, 0.5) is 11.5 Å². The highest BCUT2D eigenvalue weighted by Gasteiger charge is 2.56. The molecule has 3 aromatic rings. The number of piperidine rings is 2. The van der Waals surface area contributed by atoms with Crippen LogP contribution >= 0.6 is 0 Å². The topological polar surface area (TPSA) is 83.4 Å². The maximum absolute atomic E-state index is 13.6. The van der Waals surface area contributed by atoms with Crippen molar-refractivity contribution in [1.29, 1.82) is 0 Å². The first-order valence-electron chi connectivity index (χ1n) is 12.5. The third kappa shape index (κ3) is 4.17. The summed E-state index contributed by atoms with van der Waals surface area (Å²) in [5.74, 6) is 1.44. The molecule has 0 radical (unpaired) electrons. The van der Waals surface area contributed by atoms with Crippen molar-refractivity contribution >= 4 is 23.3 Å². The number of aryl methyl sites for hydroxylation is 1. The SMILES string of the molecule is Cn1cc(-c2ccccc2NC(=O)[C@@H]2C[C@H]3C[C@H]3N2C(=O)C2CCN(c3ccccn3)CC2)cn1. The lowest BCUT2D eigenvalue weighted by molar-refractivity contribution is -0.142. The Morgan fingerprint density at radius 2 is 1.83 bits per heavy atom. The molecule has 0 spiro atoms. The number of nitrogens with one attached hydrogen (secondary N) is 1. The summed E-state index contributed by atoms with van der Waals surface area (Å²) in [6, 6.07) is 13.5. The molecule has 1 saturated carbocycles. The van der Waals surface area contributed by atoms with E-state index in [0.29, 0.717) is 5.92 Å². The summed E-state index contributed by atoms with van der Waals surface area (Å²) in [6.07, 6.45) is 8.90. The molecule has 8 nitrogen and oxygen atoms in total. The number of benzene rings is 1. The number of nitrogens with zero attached hydrogens (tertiary/aromatic N) is 5. The molecule has 2 aliphatic heterocycles. The molecule has 3 atom stereocenters. The second kappa shape index (κ2) is 8.83. The standard InChI is InChI=1S/C27H30N6O2/c1-31-17-20(16-29-31)21-6-2-3-7-22(21)30-26(34)24-15-19-14-23(19)33(24)27(35)18-9-12-32(13-10-18)25-8-4-5-11-28-25/h2-8,11,16-19,23-24H,9-10,12-15H2,1H3,(H,30,34)/t19-,23-,24+/m1/s1. The monoisotopic (exact) mass is 470 g/mol. The zero-order valence-corrected chi connectivity index (χ0v) is 19.9. The summed E-state index contributed by atoms with van der Waals surface area (Å²) in [7, 11) is 1.87. The fourth-order valence-electron chi connectivity index (χ4n) is 5.73. The molecule has 8 heteroatoms. The fraction of sp³-hybridized carbons (Fsp3) is 0.407. The smallest absolute Gasteiger partial charge is 0.247 e. The van der Waals surface area contributed by atoms with Crippen LogP contribution in [0.5, 0.6) is 0 Å². The summed E-state index contributed by atoms with van der Waals surface area (Å²) in [6.45, 7) is 1.62. The number of carbonyl (C=O) groups excluding carboxylic acids is 2. The third-order valence-corrected chi connectivity index (χ3v) is 7.68. The van der Waals surface area contributed by atoms with Gasteiger partial charge in [-0.05, 0) is 49.8 Å². The van der Waals surface area contributed by atoms with Crippen LogP contribution in [0.25, 0.3) is 11.1 Å².